The van der Waals surface area contributed by atoms with Crippen LogP contribution in [0.1, 0.15) is 39.5 Å². The number of hydrogen-bond donors (Lipinski definition) is 1. The molecule has 1 amide bonds. The van der Waals surface area contributed by atoms with Crippen LogP contribution in [0.3, 0.4) is 0 Å². The van der Waals surface area contributed by atoms with Gasteiger partial charge in [0.15, 0.2) is 0 Å². The van der Waals surface area contributed by atoms with E-state index in [2.05, 4.69) is 30.3 Å². The van der Waals surface area contributed by atoms with Gasteiger partial charge in [0, 0.05) is 11.8 Å². The molecule has 0 bridgehead atoms. The molecule has 1 N–H and O–H groups in total. The van der Waals surface area contributed by atoms with Crippen molar-refractivity contribution in [3.8, 4) is 0 Å². The Kier molecular flexibility index (Phi) is 3.50. The molecule has 1 heterocycles. The van der Waals surface area contributed by atoms with Crippen LogP contribution in [0, 0.1) is 0 Å². The summed E-state index contributed by atoms with van der Waals surface area (Å²) in [6.07, 6.45) is 6.68. The highest BCUT2D eigenvalue weighted by atomic mass is 32.2. The summed E-state index contributed by atoms with van der Waals surface area (Å²) >= 11 is 1.83. The summed E-state index contributed by atoms with van der Waals surface area (Å²) in [5, 5.41) is 4.07. The van der Waals surface area contributed by atoms with Crippen molar-refractivity contribution < 1.29 is 4.79 Å². The SMILES string of the molecule is CCCC1NC2(CC2)C(=O)N1CC(C)SC. The van der Waals surface area contributed by atoms with Gasteiger partial charge in [0.05, 0.1) is 11.7 Å². The first-order chi connectivity index (χ1) is 7.63. The van der Waals surface area contributed by atoms with Crippen LogP contribution in [0.15, 0.2) is 0 Å². The Morgan fingerprint density at radius 2 is 2.31 bits per heavy atom. The number of nitrogens with one attached hydrogen (secondary N) is 1. The lowest BCUT2D eigenvalue weighted by molar-refractivity contribution is -0.130. The Morgan fingerprint density at radius 1 is 1.62 bits per heavy atom. The van der Waals surface area contributed by atoms with Gasteiger partial charge in [-0.2, -0.15) is 11.8 Å². The first-order valence-electron chi connectivity index (χ1n) is 6.24. The summed E-state index contributed by atoms with van der Waals surface area (Å²) in [7, 11) is 0. The van der Waals surface area contributed by atoms with Gasteiger partial charge in [0.25, 0.3) is 0 Å². The van der Waals surface area contributed by atoms with Gasteiger partial charge in [-0.25, -0.2) is 0 Å². The minimum atomic E-state index is -0.141. The van der Waals surface area contributed by atoms with Crippen LogP contribution in [-0.4, -0.2) is 40.6 Å². The zero-order valence-electron chi connectivity index (χ0n) is 10.5. The first-order valence-corrected chi connectivity index (χ1v) is 7.53. The van der Waals surface area contributed by atoms with E-state index in [0.717, 1.165) is 32.2 Å². The van der Waals surface area contributed by atoms with E-state index in [1.54, 1.807) is 0 Å². The lowest BCUT2D eigenvalue weighted by Gasteiger charge is -2.26. The molecule has 4 heteroatoms. The van der Waals surface area contributed by atoms with Crippen molar-refractivity contribution in [1.82, 2.24) is 10.2 Å². The molecular formula is C12H22N2OS. The summed E-state index contributed by atoms with van der Waals surface area (Å²) in [4.78, 5) is 14.4. The number of rotatable bonds is 5. The lowest BCUT2D eigenvalue weighted by Crippen LogP contribution is -2.40. The monoisotopic (exact) mass is 242 g/mol. The molecule has 2 fully saturated rings. The molecule has 3 nitrogen and oxygen atoms in total. The summed E-state index contributed by atoms with van der Waals surface area (Å²) in [6, 6.07) is 0. The molecule has 1 saturated heterocycles. The fourth-order valence-corrected chi connectivity index (χ4v) is 2.73. The van der Waals surface area contributed by atoms with Crippen molar-refractivity contribution >= 4 is 17.7 Å². The van der Waals surface area contributed by atoms with E-state index in [0.29, 0.717) is 11.2 Å². The van der Waals surface area contributed by atoms with Gasteiger partial charge in [-0.1, -0.05) is 20.3 Å². The largest absolute Gasteiger partial charge is 0.324 e. The third-order valence-corrected chi connectivity index (χ3v) is 4.61. The molecule has 2 unspecified atom stereocenters. The number of amides is 1. The molecule has 2 aliphatic rings. The van der Waals surface area contributed by atoms with Crippen LogP contribution in [0.5, 0.6) is 0 Å². The minimum Gasteiger partial charge on any atom is -0.324 e. The molecule has 0 aromatic heterocycles. The van der Waals surface area contributed by atoms with Crippen LogP contribution in [-0.2, 0) is 4.79 Å². The maximum Gasteiger partial charge on any atom is 0.244 e. The Hall–Kier alpha value is -0.220. The summed E-state index contributed by atoms with van der Waals surface area (Å²) in [5.41, 5.74) is -0.141. The van der Waals surface area contributed by atoms with Crippen LogP contribution in [0.4, 0.5) is 0 Å². The Morgan fingerprint density at radius 3 is 2.81 bits per heavy atom. The van der Waals surface area contributed by atoms with Gasteiger partial charge in [-0.05, 0) is 25.5 Å². The van der Waals surface area contributed by atoms with Gasteiger partial charge >= 0.3 is 0 Å². The van der Waals surface area contributed by atoms with Crippen molar-refractivity contribution in [2.24, 2.45) is 0 Å². The zero-order valence-corrected chi connectivity index (χ0v) is 11.3. The second-order valence-electron chi connectivity index (χ2n) is 5.03. The van der Waals surface area contributed by atoms with E-state index in [1.807, 2.05) is 11.8 Å². The normalized spacial score (nSPS) is 28.8. The van der Waals surface area contributed by atoms with Gasteiger partial charge in [0.1, 0.15) is 0 Å². The fraction of sp³-hybridized carbons (Fsp3) is 0.917. The third kappa shape index (κ3) is 2.09. The maximum atomic E-state index is 12.3. The molecule has 1 aliphatic heterocycles. The fourth-order valence-electron chi connectivity index (χ4n) is 2.42. The van der Waals surface area contributed by atoms with Crippen molar-refractivity contribution in [3.63, 3.8) is 0 Å². The van der Waals surface area contributed by atoms with Crippen molar-refractivity contribution in [2.75, 3.05) is 12.8 Å². The van der Waals surface area contributed by atoms with Crippen LogP contribution < -0.4 is 5.32 Å². The van der Waals surface area contributed by atoms with Crippen molar-refractivity contribution in [1.29, 1.82) is 0 Å². The van der Waals surface area contributed by atoms with Crippen LogP contribution in [0.25, 0.3) is 0 Å². The molecule has 16 heavy (non-hydrogen) atoms. The van der Waals surface area contributed by atoms with Crippen LogP contribution >= 0.6 is 11.8 Å². The summed E-state index contributed by atoms with van der Waals surface area (Å²) < 4.78 is 0. The van der Waals surface area contributed by atoms with E-state index < -0.39 is 0 Å². The summed E-state index contributed by atoms with van der Waals surface area (Å²) in [5.74, 6) is 0.354. The highest BCUT2D eigenvalue weighted by Crippen LogP contribution is 2.42. The van der Waals surface area contributed by atoms with Gasteiger partial charge < -0.3 is 4.90 Å². The van der Waals surface area contributed by atoms with E-state index in [1.165, 1.54) is 0 Å². The molecule has 1 saturated carbocycles. The highest BCUT2D eigenvalue weighted by molar-refractivity contribution is 7.99. The Balaban J connectivity index is 2.03. The quantitative estimate of drug-likeness (QED) is 0.798. The first kappa shape index (κ1) is 12.2. The maximum absolute atomic E-state index is 12.3. The smallest absolute Gasteiger partial charge is 0.244 e. The van der Waals surface area contributed by atoms with Crippen molar-refractivity contribution in [2.45, 2.75) is 56.5 Å². The predicted molar refractivity (Wildman–Crippen MR) is 68.5 cm³/mol. The standard InChI is InChI=1S/C12H22N2OS/c1-4-5-10-13-12(6-7-12)11(15)14(10)8-9(2)16-3/h9-10,13H,4-8H2,1-3H3. The van der Waals surface area contributed by atoms with E-state index in [-0.39, 0.29) is 11.7 Å². The second kappa shape index (κ2) is 4.57. The third-order valence-electron chi connectivity index (χ3n) is 3.66. The molecule has 1 aliphatic carbocycles. The molecule has 1 spiro atoms. The average Bonchev–Trinajstić information content (AvgIpc) is 3.00. The lowest BCUT2D eigenvalue weighted by atomic mass is 10.2. The minimum absolute atomic E-state index is 0.141. The molecule has 0 radical (unpaired) electrons. The number of nitrogens with zero attached hydrogens (tertiary/aromatic N) is 1. The number of carbonyl (C=O) groups is 1. The number of carbonyl (C=O) groups excluding carboxylic acids is 1. The molecule has 0 aromatic rings. The molecular weight excluding hydrogens is 220 g/mol. The Bertz CT molecular complexity index is 278. The van der Waals surface area contributed by atoms with Gasteiger partial charge in [-0.15, -0.1) is 0 Å². The van der Waals surface area contributed by atoms with Crippen molar-refractivity contribution in [3.05, 3.63) is 0 Å². The summed E-state index contributed by atoms with van der Waals surface area (Å²) in [6.45, 7) is 5.26. The second-order valence-corrected chi connectivity index (χ2v) is 6.31. The van der Waals surface area contributed by atoms with Crippen LogP contribution in [0.2, 0.25) is 0 Å². The van der Waals surface area contributed by atoms with Gasteiger partial charge in [-0.3, -0.25) is 10.1 Å². The molecule has 2 rings (SSSR count). The highest BCUT2D eigenvalue weighted by Gasteiger charge is 2.58. The molecule has 92 valence electrons. The average molecular weight is 242 g/mol. The van der Waals surface area contributed by atoms with E-state index >= 15 is 0 Å². The number of thioether (sulfide) groups is 1. The topological polar surface area (TPSA) is 32.3 Å². The van der Waals surface area contributed by atoms with E-state index in [9.17, 15) is 4.79 Å². The zero-order chi connectivity index (χ0) is 11.8. The Labute approximate surface area is 102 Å². The number of hydrogen-bond acceptors (Lipinski definition) is 3. The molecule has 2 atom stereocenters. The predicted octanol–water partition coefficient (Wildman–Crippen LogP) is 1.83. The van der Waals surface area contributed by atoms with Gasteiger partial charge in [0.2, 0.25) is 5.91 Å². The molecule has 0 aromatic carbocycles. The van der Waals surface area contributed by atoms with E-state index in [4.69, 9.17) is 0 Å².